The van der Waals surface area contributed by atoms with Gasteiger partial charge in [-0.25, -0.2) is 14.8 Å². The quantitative estimate of drug-likeness (QED) is 0.274. The van der Waals surface area contributed by atoms with Gasteiger partial charge in [0.25, 0.3) is 5.91 Å². The number of amides is 2. The van der Waals surface area contributed by atoms with Crippen molar-refractivity contribution in [3.8, 4) is 11.4 Å². The number of carbonyl (C=O) groups is 2. The third-order valence-corrected chi connectivity index (χ3v) is 7.19. The molecule has 1 atom stereocenters. The van der Waals surface area contributed by atoms with Crippen LogP contribution in [0.1, 0.15) is 34.6 Å². The Morgan fingerprint density at radius 3 is 2.73 bits per heavy atom. The fraction of sp³-hybridized carbons (Fsp3) is 0.233. The van der Waals surface area contributed by atoms with Gasteiger partial charge in [0.2, 0.25) is 0 Å². The molecule has 6 rings (SSSR count). The van der Waals surface area contributed by atoms with Crippen LogP contribution in [-0.4, -0.2) is 65.2 Å². The van der Waals surface area contributed by atoms with E-state index in [0.29, 0.717) is 18.8 Å². The van der Waals surface area contributed by atoms with Crippen LogP contribution in [0.15, 0.2) is 79.6 Å². The highest BCUT2D eigenvalue weighted by atomic mass is 16.4. The summed E-state index contributed by atoms with van der Waals surface area (Å²) in [5, 5.41) is 14.8. The zero-order valence-corrected chi connectivity index (χ0v) is 22.6. The molecule has 2 aromatic carbocycles. The molecule has 4 heterocycles. The van der Waals surface area contributed by atoms with Gasteiger partial charge in [0.1, 0.15) is 12.0 Å². The van der Waals surface area contributed by atoms with Crippen molar-refractivity contribution in [2.75, 3.05) is 18.4 Å². The van der Waals surface area contributed by atoms with Crippen LogP contribution in [0, 0.1) is 6.92 Å². The summed E-state index contributed by atoms with van der Waals surface area (Å²) in [6, 6.07) is 17.2. The highest BCUT2D eigenvalue weighted by molar-refractivity contribution is 6.03. The van der Waals surface area contributed by atoms with Gasteiger partial charge in [-0.2, -0.15) is 0 Å². The lowest BCUT2D eigenvalue weighted by molar-refractivity contribution is 0.102. The van der Waals surface area contributed by atoms with E-state index in [-0.39, 0.29) is 17.6 Å². The summed E-state index contributed by atoms with van der Waals surface area (Å²) in [4.78, 5) is 39.9. The number of nitrogens with zero attached hydrogens (tertiary/aromatic N) is 6. The van der Waals surface area contributed by atoms with Crippen LogP contribution in [0.2, 0.25) is 0 Å². The average Bonchev–Trinajstić information content (AvgIpc) is 3.59. The van der Waals surface area contributed by atoms with Crippen molar-refractivity contribution < 1.29 is 14.7 Å². The molecule has 208 valence electrons. The number of anilines is 1. The highest BCUT2D eigenvalue weighted by Crippen LogP contribution is 2.23. The fourth-order valence-corrected chi connectivity index (χ4v) is 5.35. The number of likely N-dealkylation sites (tertiary alicyclic amines) is 1. The zero-order valence-electron chi connectivity index (χ0n) is 22.6. The topological polar surface area (TPSA) is 130 Å². The van der Waals surface area contributed by atoms with E-state index >= 15 is 0 Å². The molecule has 3 N–H and O–H groups in total. The van der Waals surface area contributed by atoms with E-state index in [1.807, 2.05) is 64.7 Å². The maximum atomic E-state index is 13.4. The molecule has 11 heteroatoms. The first kappa shape index (κ1) is 26.2. The number of aryl methyl sites for hydroxylation is 1. The van der Waals surface area contributed by atoms with Crippen LogP contribution in [-0.2, 0) is 6.54 Å². The number of piperidine rings is 1. The van der Waals surface area contributed by atoms with Gasteiger partial charge in [-0.15, -0.1) is 0 Å². The lowest BCUT2D eigenvalue weighted by atomic mass is 10.0. The molecule has 0 bridgehead atoms. The van der Waals surface area contributed by atoms with Crippen LogP contribution < -0.4 is 10.6 Å². The Bertz CT molecular complexity index is 1730. The second kappa shape index (κ2) is 11.2. The van der Waals surface area contributed by atoms with Gasteiger partial charge in [-0.05, 0) is 74.3 Å². The van der Waals surface area contributed by atoms with Crippen molar-refractivity contribution in [3.63, 3.8) is 0 Å². The second-order valence-electron chi connectivity index (χ2n) is 10.3. The van der Waals surface area contributed by atoms with E-state index in [4.69, 9.17) is 5.11 Å². The summed E-state index contributed by atoms with van der Waals surface area (Å²) in [5.74, 6) is -0.329. The Kier molecular flexibility index (Phi) is 7.17. The molecule has 0 aliphatic carbocycles. The Morgan fingerprint density at radius 1 is 1.02 bits per heavy atom. The molecule has 5 aromatic rings. The molecule has 2 amide bonds. The first-order valence-electron chi connectivity index (χ1n) is 13.5. The highest BCUT2D eigenvalue weighted by Gasteiger charge is 2.22. The summed E-state index contributed by atoms with van der Waals surface area (Å²) in [6.07, 6.45) is 7.75. The number of aromatic nitrogens is 5. The number of fused-ring (bicyclic) bond motifs is 1. The molecular formula is C30H30N8O3. The van der Waals surface area contributed by atoms with E-state index in [1.54, 1.807) is 24.9 Å². The number of hydrogen-bond donors (Lipinski definition) is 3. The maximum Gasteiger partial charge on any atom is 0.404 e. The molecule has 0 saturated carbocycles. The van der Waals surface area contributed by atoms with Crippen LogP contribution >= 0.6 is 0 Å². The van der Waals surface area contributed by atoms with Gasteiger partial charge in [0.15, 0.2) is 0 Å². The lowest BCUT2D eigenvalue weighted by Crippen LogP contribution is -2.46. The van der Waals surface area contributed by atoms with Crippen LogP contribution in [0.5, 0.6) is 0 Å². The third kappa shape index (κ3) is 5.94. The Morgan fingerprint density at radius 2 is 1.90 bits per heavy atom. The number of benzene rings is 2. The van der Waals surface area contributed by atoms with Crippen LogP contribution in [0.25, 0.3) is 22.4 Å². The third-order valence-electron chi connectivity index (χ3n) is 7.19. The summed E-state index contributed by atoms with van der Waals surface area (Å²) < 4.78 is 3.85. The SMILES string of the molecule is Cc1cn(-c2cc(CN3CCC[C@H](NC(=O)O)C3)cc(NC(=O)c3cc(-n4cnc5ccccc54)ccn3)c2)cn1. The second-order valence-corrected chi connectivity index (χ2v) is 10.3. The van der Waals surface area contributed by atoms with Crippen molar-refractivity contribution >= 4 is 28.7 Å². The first-order valence-corrected chi connectivity index (χ1v) is 13.5. The summed E-state index contributed by atoms with van der Waals surface area (Å²) in [7, 11) is 0. The van der Waals surface area contributed by atoms with Gasteiger partial charge < -0.3 is 20.3 Å². The minimum atomic E-state index is -1.00. The molecule has 41 heavy (non-hydrogen) atoms. The lowest BCUT2D eigenvalue weighted by Gasteiger charge is -2.32. The van der Waals surface area contributed by atoms with Gasteiger partial charge in [-0.1, -0.05) is 12.1 Å². The normalized spacial score (nSPS) is 15.6. The van der Waals surface area contributed by atoms with Crippen molar-refractivity contribution in [2.45, 2.75) is 32.4 Å². The van der Waals surface area contributed by atoms with E-state index < -0.39 is 6.09 Å². The molecule has 0 unspecified atom stereocenters. The van der Waals surface area contributed by atoms with Crippen molar-refractivity contribution in [2.24, 2.45) is 0 Å². The van der Waals surface area contributed by atoms with Crippen molar-refractivity contribution in [3.05, 3.63) is 96.6 Å². The first-order chi connectivity index (χ1) is 19.9. The van der Waals surface area contributed by atoms with Gasteiger partial charge in [0.05, 0.1) is 28.7 Å². The van der Waals surface area contributed by atoms with E-state index in [1.165, 1.54) is 0 Å². The molecule has 1 fully saturated rings. The molecule has 0 spiro atoms. The smallest absolute Gasteiger partial charge is 0.404 e. The molecular weight excluding hydrogens is 520 g/mol. The molecule has 1 aliphatic heterocycles. The number of rotatable bonds is 7. The predicted octanol–water partition coefficient (Wildman–Crippen LogP) is 4.40. The van der Waals surface area contributed by atoms with Crippen LogP contribution in [0.3, 0.4) is 0 Å². The van der Waals surface area contributed by atoms with Crippen LogP contribution in [0.4, 0.5) is 10.5 Å². The number of carboxylic acid groups (broad SMARTS) is 1. The number of para-hydroxylation sites is 2. The Labute approximate surface area is 236 Å². The van der Waals surface area contributed by atoms with Gasteiger partial charge >= 0.3 is 6.09 Å². The summed E-state index contributed by atoms with van der Waals surface area (Å²) in [6.45, 7) is 4.04. The number of imidazole rings is 2. The predicted molar refractivity (Wildman–Crippen MR) is 155 cm³/mol. The standard InChI is InChI=1S/C30H30N8O3/c1-20-15-37(18-32-20)25-12-21(16-36-10-4-5-22(17-36)35-30(40)41)11-23(13-25)34-29(39)27-14-24(8-9-31-27)38-19-33-26-6-2-3-7-28(26)38/h2-3,6-9,11-15,18-19,22,35H,4-5,10,16-17H2,1H3,(H,34,39)(H,40,41)/t22-/m0/s1. The van der Waals surface area contributed by atoms with Crippen molar-refractivity contribution in [1.82, 2.24) is 34.3 Å². The minimum Gasteiger partial charge on any atom is -0.465 e. The Hall–Kier alpha value is -5.03. The average molecular weight is 551 g/mol. The monoisotopic (exact) mass is 550 g/mol. The van der Waals surface area contributed by atoms with Gasteiger partial charge in [0, 0.05) is 42.9 Å². The molecule has 11 nitrogen and oxygen atoms in total. The number of pyridine rings is 1. The largest absolute Gasteiger partial charge is 0.465 e. The number of hydrogen-bond acceptors (Lipinski definition) is 6. The fourth-order valence-electron chi connectivity index (χ4n) is 5.35. The number of nitrogens with one attached hydrogen (secondary N) is 2. The molecule has 0 radical (unpaired) electrons. The zero-order chi connectivity index (χ0) is 28.3. The van der Waals surface area contributed by atoms with Crippen molar-refractivity contribution in [1.29, 1.82) is 0 Å². The summed E-state index contributed by atoms with van der Waals surface area (Å²) >= 11 is 0. The Balaban J connectivity index is 1.26. The maximum absolute atomic E-state index is 13.4. The number of carbonyl (C=O) groups excluding carboxylic acids is 1. The van der Waals surface area contributed by atoms with E-state index in [9.17, 15) is 9.59 Å². The van der Waals surface area contributed by atoms with E-state index in [2.05, 4.69) is 36.6 Å². The molecule has 3 aromatic heterocycles. The minimum absolute atomic E-state index is 0.106. The van der Waals surface area contributed by atoms with E-state index in [0.717, 1.165) is 53.1 Å². The van der Waals surface area contributed by atoms with Gasteiger partial charge in [-0.3, -0.25) is 19.2 Å². The molecule has 1 aliphatic rings. The summed E-state index contributed by atoms with van der Waals surface area (Å²) in [5.41, 5.74) is 6.25. The molecule has 1 saturated heterocycles.